The molecule has 2 rings (SSSR count). The smallest absolute Gasteiger partial charge is 0.207 e. The zero-order valence-corrected chi connectivity index (χ0v) is 12.2. The van der Waals surface area contributed by atoms with E-state index in [1.165, 1.54) is 0 Å². The van der Waals surface area contributed by atoms with Gasteiger partial charge < -0.3 is 0 Å². The number of hydrogen-bond acceptors (Lipinski definition) is 2. The van der Waals surface area contributed by atoms with Crippen LogP contribution in [0.5, 0.6) is 0 Å². The van der Waals surface area contributed by atoms with Crippen LogP contribution in [0.1, 0.15) is 32.8 Å². The molecule has 1 aromatic carbocycles. The Labute approximate surface area is 110 Å². The van der Waals surface area contributed by atoms with Crippen LogP contribution in [-0.4, -0.2) is 24.8 Å². The van der Waals surface area contributed by atoms with Crippen LogP contribution in [0.3, 0.4) is 0 Å². The van der Waals surface area contributed by atoms with Crippen molar-refractivity contribution in [1.29, 1.82) is 0 Å². The fourth-order valence-corrected chi connectivity index (χ4v) is 4.61. The van der Waals surface area contributed by atoms with Gasteiger partial charge in [0, 0.05) is 12.1 Å². The first-order valence-corrected chi connectivity index (χ1v) is 7.93. The van der Waals surface area contributed by atoms with Crippen molar-refractivity contribution in [3.63, 3.8) is 0 Å². The molecular weight excluding hydrogens is 246 g/mol. The molecule has 1 fully saturated rings. The summed E-state index contributed by atoms with van der Waals surface area (Å²) in [5.74, 6) is 0.371. The van der Waals surface area contributed by atoms with Crippen molar-refractivity contribution in [3.05, 3.63) is 29.8 Å². The van der Waals surface area contributed by atoms with E-state index in [0.717, 1.165) is 12.0 Å². The second kappa shape index (κ2) is 4.67. The minimum absolute atomic E-state index is 0.168. The lowest BCUT2D eigenvalue weighted by Crippen LogP contribution is -2.17. The summed E-state index contributed by atoms with van der Waals surface area (Å²) in [5, 5.41) is 0. The number of nitrogens with zero attached hydrogens (tertiary/aromatic N) is 1. The van der Waals surface area contributed by atoms with Crippen LogP contribution in [0.25, 0.3) is 0 Å². The molecule has 0 radical (unpaired) electrons. The van der Waals surface area contributed by atoms with Crippen molar-refractivity contribution < 1.29 is 8.42 Å². The lowest BCUT2D eigenvalue weighted by Gasteiger charge is -2.08. The number of rotatable bonds is 4. The van der Waals surface area contributed by atoms with Crippen molar-refractivity contribution in [2.75, 3.05) is 0 Å². The highest BCUT2D eigenvalue weighted by Crippen LogP contribution is 2.41. The van der Waals surface area contributed by atoms with Gasteiger partial charge in [-0.1, -0.05) is 38.5 Å². The van der Waals surface area contributed by atoms with Gasteiger partial charge in [0.05, 0.1) is 4.90 Å². The Kier molecular flexibility index (Phi) is 3.52. The molecule has 1 heterocycles. The summed E-state index contributed by atoms with van der Waals surface area (Å²) in [6.07, 6.45) is 0.883. The first kappa shape index (κ1) is 13.6. The van der Waals surface area contributed by atoms with Crippen LogP contribution in [-0.2, 0) is 10.0 Å². The van der Waals surface area contributed by atoms with E-state index in [1.54, 1.807) is 16.4 Å². The molecule has 18 heavy (non-hydrogen) atoms. The van der Waals surface area contributed by atoms with Gasteiger partial charge in [0.1, 0.15) is 0 Å². The predicted molar refractivity (Wildman–Crippen MR) is 72.9 cm³/mol. The molecule has 0 saturated carbocycles. The Morgan fingerprint density at radius 3 is 2.17 bits per heavy atom. The number of hydrogen-bond donors (Lipinski definition) is 0. The van der Waals surface area contributed by atoms with E-state index >= 15 is 0 Å². The minimum Gasteiger partial charge on any atom is -0.207 e. The third kappa shape index (κ3) is 2.19. The van der Waals surface area contributed by atoms with Crippen LogP contribution >= 0.6 is 0 Å². The maximum atomic E-state index is 12.5. The summed E-state index contributed by atoms with van der Waals surface area (Å²) < 4.78 is 26.7. The van der Waals surface area contributed by atoms with Crippen LogP contribution in [0.4, 0.5) is 0 Å². The monoisotopic (exact) mass is 267 g/mol. The van der Waals surface area contributed by atoms with E-state index in [1.807, 2.05) is 26.0 Å². The molecule has 1 saturated heterocycles. The highest BCUT2D eigenvalue weighted by molar-refractivity contribution is 7.89. The second-order valence-corrected chi connectivity index (χ2v) is 7.20. The molecular formula is C14H21NO2S. The molecule has 3 unspecified atom stereocenters. The average molecular weight is 267 g/mol. The molecule has 1 aliphatic rings. The first-order chi connectivity index (χ1) is 8.39. The number of benzene rings is 1. The summed E-state index contributed by atoms with van der Waals surface area (Å²) in [7, 11) is -3.30. The summed E-state index contributed by atoms with van der Waals surface area (Å²) in [5.41, 5.74) is 1.08. The van der Waals surface area contributed by atoms with Crippen LogP contribution in [0, 0.1) is 12.8 Å². The third-order valence-electron chi connectivity index (χ3n) is 3.62. The lowest BCUT2D eigenvalue weighted by molar-refractivity contribution is 0.516. The molecule has 3 atom stereocenters. The number of aryl methyl sites for hydroxylation is 1. The SMILES string of the molecule is CCC1C(C(C)C)N1S(=O)(=O)c1ccc(C)cc1. The molecule has 1 aromatic rings. The van der Waals surface area contributed by atoms with Gasteiger partial charge in [-0.25, -0.2) is 8.42 Å². The van der Waals surface area contributed by atoms with E-state index in [4.69, 9.17) is 0 Å². The molecule has 3 nitrogen and oxygen atoms in total. The van der Waals surface area contributed by atoms with E-state index in [9.17, 15) is 8.42 Å². The van der Waals surface area contributed by atoms with E-state index < -0.39 is 10.0 Å². The van der Waals surface area contributed by atoms with Crippen LogP contribution in [0.15, 0.2) is 29.2 Å². The van der Waals surface area contributed by atoms with E-state index in [2.05, 4.69) is 13.8 Å². The zero-order valence-electron chi connectivity index (χ0n) is 11.4. The quantitative estimate of drug-likeness (QED) is 0.787. The fraction of sp³-hybridized carbons (Fsp3) is 0.571. The Morgan fingerprint density at radius 1 is 1.22 bits per heavy atom. The average Bonchev–Trinajstić information content (AvgIpc) is 3.04. The van der Waals surface area contributed by atoms with Crippen molar-refractivity contribution in [2.24, 2.45) is 5.92 Å². The Hall–Kier alpha value is -0.870. The standard InChI is InChI=1S/C14H21NO2S/c1-5-13-14(10(2)3)15(13)18(16,17)12-8-6-11(4)7-9-12/h6-10,13-14H,5H2,1-4H3. The van der Waals surface area contributed by atoms with Gasteiger partial charge in [0.2, 0.25) is 10.0 Å². The Balaban J connectivity index is 2.30. The molecule has 0 bridgehead atoms. The van der Waals surface area contributed by atoms with Gasteiger partial charge in [-0.2, -0.15) is 4.31 Å². The van der Waals surface area contributed by atoms with Gasteiger partial charge >= 0.3 is 0 Å². The summed E-state index contributed by atoms with van der Waals surface area (Å²) in [4.78, 5) is 0.412. The van der Waals surface area contributed by atoms with Crippen molar-refractivity contribution in [3.8, 4) is 0 Å². The highest BCUT2D eigenvalue weighted by atomic mass is 32.2. The maximum Gasteiger partial charge on any atom is 0.243 e. The van der Waals surface area contributed by atoms with Crippen LogP contribution < -0.4 is 0 Å². The largest absolute Gasteiger partial charge is 0.243 e. The lowest BCUT2D eigenvalue weighted by atomic mass is 10.1. The van der Waals surface area contributed by atoms with Gasteiger partial charge in [-0.3, -0.25) is 0 Å². The third-order valence-corrected chi connectivity index (χ3v) is 5.56. The first-order valence-electron chi connectivity index (χ1n) is 6.49. The Bertz CT molecular complexity index is 519. The van der Waals surface area contributed by atoms with E-state index in [-0.39, 0.29) is 12.1 Å². The van der Waals surface area contributed by atoms with Crippen molar-refractivity contribution in [2.45, 2.75) is 51.1 Å². The van der Waals surface area contributed by atoms with Gasteiger partial charge in [0.25, 0.3) is 0 Å². The summed E-state index contributed by atoms with van der Waals surface area (Å²) in [6, 6.07) is 7.45. The maximum absolute atomic E-state index is 12.5. The van der Waals surface area contributed by atoms with Gasteiger partial charge in [-0.15, -0.1) is 0 Å². The van der Waals surface area contributed by atoms with Crippen molar-refractivity contribution in [1.82, 2.24) is 4.31 Å². The normalized spacial score (nSPS) is 27.5. The van der Waals surface area contributed by atoms with Gasteiger partial charge in [-0.05, 0) is 31.4 Å². The van der Waals surface area contributed by atoms with Crippen LogP contribution in [0.2, 0.25) is 0 Å². The predicted octanol–water partition coefficient (Wildman–Crippen LogP) is 2.80. The molecule has 1 aliphatic heterocycles. The topological polar surface area (TPSA) is 37.1 Å². The second-order valence-electron chi connectivity index (χ2n) is 5.36. The highest BCUT2D eigenvalue weighted by Gasteiger charge is 2.55. The van der Waals surface area contributed by atoms with Crippen molar-refractivity contribution >= 4 is 10.0 Å². The Morgan fingerprint density at radius 2 is 1.78 bits per heavy atom. The fourth-order valence-electron chi connectivity index (χ4n) is 2.61. The summed E-state index contributed by atoms with van der Waals surface area (Å²) in [6.45, 7) is 8.17. The molecule has 0 amide bonds. The molecule has 0 N–H and O–H groups in total. The zero-order chi connectivity index (χ0) is 13.5. The minimum atomic E-state index is -3.30. The van der Waals surface area contributed by atoms with E-state index in [0.29, 0.717) is 10.8 Å². The molecule has 4 heteroatoms. The molecule has 0 spiro atoms. The molecule has 100 valence electrons. The summed E-state index contributed by atoms with van der Waals surface area (Å²) >= 11 is 0. The molecule has 0 aliphatic carbocycles. The van der Waals surface area contributed by atoms with Gasteiger partial charge in [0.15, 0.2) is 0 Å². The molecule has 0 aromatic heterocycles. The number of sulfonamides is 1.